The minimum atomic E-state index is 0.0938. The lowest BCUT2D eigenvalue weighted by atomic mass is 9.98. The van der Waals surface area contributed by atoms with Crippen LogP contribution in [-0.2, 0) is 4.74 Å². The van der Waals surface area contributed by atoms with E-state index in [4.69, 9.17) is 10.5 Å². The van der Waals surface area contributed by atoms with Crippen molar-refractivity contribution >= 4 is 17.2 Å². The van der Waals surface area contributed by atoms with Crippen molar-refractivity contribution in [3.63, 3.8) is 0 Å². The van der Waals surface area contributed by atoms with Gasteiger partial charge in [0.05, 0.1) is 11.7 Å². The minimum Gasteiger partial charge on any atom is -0.381 e. The number of hydrogen-bond acceptors (Lipinski definition) is 4. The van der Waals surface area contributed by atoms with Crippen LogP contribution in [0.15, 0.2) is 16.8 Å². The molecule has 0 aliphatic carbocycles. The Hall–Kier alpha value is -0.910. The van der Waals surface area contributed by atoms with E-state index in [0.29, 0.717) is 6.54 Å². The molecule has 2 N–H and O–H groups in total. The molecule has 1 aromatic rings. The van der Waals surface area contributed by atoms with Gasteiger partial charge in [-0.05, 0) is 24.3 Å². The molecule has 2 heterocycles. The maximum absolute atomic E-state index is 12.3. The van der Waals surface area contributed by atoms with E-state index in [2.05, 4.69) is 0 Å². The summed E-state index contributed by atoms with van der Waals surface area (Å²) < 4.78 is 5.35. The number of nitrogens with two attached hydrogens (primary N) is 1. The molecule has 5 heteroatoms. The van der Waals surface area contributed by atoms with Crippen LogP contribution in [0.2, 0.25) is 0 Å². The van der Waals surface area contributed by atoms with Crippen molar-refractivity contribution in [1.29, 1.82) is 0 Å². The van der Waals surface area contributed by atoms with Crippen LogP contribution in [0.3, 0.4) is 0 Å². The van der Waals surface area contributed by atoms with Gasteiger partial charge in [-0.15, -0.1) is 0 Å². The number of ether oxygens (including phenoxy) is 1. The summed E-state index contributed by atoms with van der Waals surface area (Å²) in [7, 11) is 1.72. The van der Waals surface area contributed by atoms with Crippen LogP contribution in [0.5, 0.6) is 0 Å². The number of piperidine rings is 1. The fraction of sp³-hybridized carbons (Fsp3) is 0.583. The normalized spacial score (nSPS) is 24.9. The zero-order valence-electron chi connectivity index (χ0n) is 9.96. The Morgan fingerprint density at radius 3 is 3.12 bits per heavy atom. The van der Waals surface area contributed by atoms with Crippen molar-refractivity contribution in [2.75, 3.05) is 20.2 Å². The van der Waals surface area contributed by atoms with Crippen molar-refractivity contribution in [1.82, 2.24) is 4.90 Å². The quantitative estimate of drug-likeness (QED) is 0.885. The summed E-state index contributed by atoms with van der Waals surface area (Å²) in [5, 5.41) is 3.81. The number of carbonyl (C=O) groups is 1. The topological polar surface area (TPSA) is 55.6 Å². The number of rotatable bonds is 3. The van der Waals surface area contributed by atoms with Gasteiger partial charge in [0, 0.05) is 31.6 Å². The molecule has 1 aliphatic rings. The highest BCUT2D eigenvalue weighted by molar-refractivity contribution is 7.08. The Bertz CT molecular complexity index is 367. The highest BCUT2D eigenvalue weighted by atomic mass is 32.1. The zero-order chi connectivity index (χ0) is 12.3. The molecule has 0 aromatic carbocycles. The van der Waals surface area contributed by atoms with Gasteiger partial charge in [-0.1, -0.05) is 0 Å². The Balaban J connectivity index is 2.07. The van der Waals surface area contributed by atoms with E-state index >= 15 is 0 Å². The maximum Gasteiger partial charge on any atom is 0.254 e. The fourth-order valence-corrected chi connectivity index (χ4v) is 2.90. The smallest absolute Gasteiger partial charge is 0.254 e. The second-order valence-electron chi connectivity index (χ2n) is 4.28. The molecule has 0 spiro atoms. The summed E-state index contributed by atoms with van der Waals surface area (Å²) in [4.78, 5) is 14.1. The average Bonchev–Trinajstić information content (AvgIpc) is 2.91. The van der Waals surface area contributed by atoms with E-state index in [-0.39, 0.29) is 18.1 Å². The van der Waals surface area contributed by atoms with Crippen molar-refractivity contribution in [2.24, 2.45) is 5.73 Å². The molecule has 1 saturated heterocycles. The van der Waals surface area contributed by atoms with Crippen molar-refractivity contribution in [2.45, 2.75) is 25.0 Å². The molecule has 1 aliphatic heterocycles. The lowest BCUT2D eigenvalue weighted by molar-refractivity contribution is 0.0139. The number of methoxy groups -OCH3 is 1. The van der Waals surface area contributed by atoms with Gasteiger partial charge in [0.2, 0.25) is 0 Å². The van der Waals surface area contributed by atoms with Gasteiger partial charge in [-0.3, -0.25) is 4.79 Å². The number of thiophene rings is 1. The van der Waals surface area contributed by atoms with Gasteiger partial charge in [0.15, 0.2) is 0 Å². The lowest BCUT2D eigenvalue weighted by Gasteiger charge is -2.38. The van der Waals surface area contributed by atoms with E-state index in [1.807, 2.05) is 21.7 Å². The lowest BCUT2D eigenvalue weighted by Crippen LogP contribution is -2.51. The highest BCUT2D eigenvalue weighted by Crippen LogP contribution is 2.22. The summed E-state index contributed by atoms with van der Waals surface area (Å²) >= 11 is 1.54. The molecule has 94 valence electrons. The Kier molecular flexibility index (Phi) is 4.15. The first-order chi connectivity index (χ1) is 8.26. The number of carbonyl (C=O) groups excluding carboxylic acids is 1. The summed E-state index contributed by atoms with van der Waals surface area (Å²) in [5.41, 5.74) is 6.52. The van der Waals surface area contributed by atoms with Gasteiger partial charge in [0.1, 0.15) is 0 Å². The number of amides is 1. The third-order valence-electron chi connectivity index (χ3n) is 3.30. The summed E-state index contributed by atoms with van der Waals surface area (Å²) in [5.74, 6) is 0.0938. The second kappa shape index (κ2) is 5.62. The third kappa shape index (κ3) is 2.68. The first kappa shape index (κ1) is 12.5. The molecule has 0 radical (unpaired) electrons. The molecule has 2 unspecified atom stereocenters. The molecule has 0 bridgehead atoms. The first-order valence-corrected chi connectivity index (χ1v) is 6.76. The molecule has 17 heavy (non-hydrogen) atoms. The molecular weight excluding hydrogens is 236 g/mol. The number of likely N-dealkylation sites (tertiary alicyclic amines) is 1. The Labute approximate surface area is 105 Å². The number of hydrogen-bond donors (Lipinski definition) is 1. The largest absolute Gasteiger partial charge is 0.381 e. The molecule has 1 fully saturated rings. The predicted molar refractivity (Wildman–Crippen MR) is 68.2 cm³/mol. The van der Waals surface area contributed by atoms with Crippen LogP contribution in [0.25, 0.3) is 0 Å². The minimum absolute atomic E-state index is 0.0938. The van der Waals surface area contributed by atoms with E-state index in [1.165, 1.54) is 0 Å². The van der Waals surface area contributed by atoms with Gasteiger partial charge >= 0.3 is 0 Å². The van der Waals surface area contributed by atoms with Gasteiger partial charge in [-0.25, -0.2) is 0 Å². The van der Waals surface area contributed by atoms with Crippen LogP contribution in [0.1, 0.15) is 23.2 Å². The molecule has 2 atom stereocenters. The summed E-state index contributed by atoms with van der Waals surface area (Å²) in [6.45, 7) is 1.23. The van der Waals surface area contributed by atoms with Crippen LogP contribution in [0, 0.1) is 0 Å². The Morgan fingerprint density at radius 1 is 1.71 bits per heavy atom. The van der Waals surface area contributed by atoms with Crippen LogP contribution in [-0.4, -0.2) is 43.2 Å². The monoisotopic (exact) mass is 254 g/mol. The van der Waals surface area contributed by atoms with Crippen LogP contribution < -0.4 is 5.73 Å². The highest BCUT2D eigenvalue weighted by Gasteiger charge is 2.31. The van der Waals surface area contributed by atoms with Gasteiger partial charge in [0.25, 0.3) is 5.91 Å². The zero-order valence-corrected chi connectivity index (χ0v) is 10.8. The summed E-state index contributed by atoms with van der Waals surface area (Å²) in [6, 6.07) is 1.96. The molecule has 0 saturated carbocycles. The average molecular weight is 254 g/mol. The standard InChI is InChI=1S/C12H18N2O2S/c1-16-11-2-4-14(10(6-11)7-13)12(15)9-3-5-17-8-9/h3,5,8,10-11H,2,4,6-7,13H2,1H3. The molecule has 1 aromatic heterocycles. The predicted octanol–water partition coefficient (Wildman–Crippen LogP) is 1.33. The number of nitrogens with zero attached hydrogens (tertiary/aromatic N) is 1. The maximum atomic E-state index is 12.3. The van der Waals surface area contributed by atoms with Crippen molar-refractivity contribution < 1.29 is 9.53 Å². The Morgan fingerprint density at radius 2 is 2.53 bits per heavy atom. The van der Waals surface area contributed by atoms with Crippen LogP contribution in [0.4, 0.5) is 0 Å². The second-order valence-corrected chi connectivity index (χ2v) is 5.06. The first-order valence-electron chi connectivity index (χ1n) is 5.82. The van der Waals surface area contributed by atoms with E-state index in [9.17, 15) is 4.79 Å². The van der Waals surface area contributed by atoms with Crippen LogP contribution >= 0.6 is 11.3 Å². The van der Waals surface area contributed by atoms with E-state index in [1.54, 1.807) is 18.4 Å². The molecule has 4 nitrogen and oxygen atoms in total. The molecule has 1 amide bonds. The summed E-state index contributed by atoms with van der Waals surface area (Å²) in [6.07, 6.45) is 1.96. The van der Waals surface area contributed by atoms with Gasteiger partial charge in [-0.2, -0.15) is 11.3 Å². The van der Waals surface area contributed by atoms with Crippen molar-refractivity contribution in [3.8, 4) is 0 Å². The third-order valence-corrected chi connectivity index (χ3v) is 3.99. The van der Waals surface area contributed by atoms with Crippen molar-refractivity contribution in [3.05, 3.63) is 22.4 Å². The molecular formula is C12H18N2O2S. The van der Waals surface area contributed by atoms with Gasteiger partial charge < -0.3 is 15.4 Å². The SMILES string of the molecule is COC1CCN(C(=O)c2ccsc2)C(CN)C1. The van der Waals surface area contributed by atoms with E-state index < -0.39 is 0 Å². The van der Waals surface area contributed by atoms with E-state index in [0.717, 1.165) is 24.9 Å². The fourth-order valence-electron chi connectivity index (χ4n) is 2.27. The molecule has 2 rings (SSSR count).